The highest BCUT2D eigenvalue weighted by Gasteiger charge is 2.25. The molecule has 8 heteroatoms. The van der Waals surface area contributed by atoms with Gasteiger partial charge in [-0.3, -0.25) is 19.7 Å². The fraction of sp³-hybridized carbons (Fsp3) is 0.500. The van der Waals surface area contributed by atoms with Gasteiger partial charge >= 0.3 is 0 Å². The van der Waals surface area contributed by atoms with Gasteiger partial charge in [0.05, 0.1) is 11.5 Å². The Morgan fingerprint density at radius 2 is 1.96 bits per heavy atom. The molecule has 1 aliphatic rings. The third-order valence-electron chi connectivity index (χ3n) is 3.32. The predicted octanol–water partition coefficient (Wildman–Crippen LogP) is 1.81. The molecule has 2 rings (SSSR count). The van der Waals surface area contributed by atoms with E-state index in [0.717, 1.165) is 12.8 Å². The quantitative estimate of drug-likeness (QED) is 0.542. The van der Waals surface area contributed by atoms with E-state index in [1.807, 2.05) is 20.8 Å². The highest BCUT2D eigenvalue weighted by atomic mass is 16.6. The van der Waals surface area contributed by atoms with E-state index in [1.54, 1.807) is 0 Å². The molecule has 0 aliphatic heterocycles. The van der Waals surface area contributed by atoms with E-state index in [1.165, 1.54) is 18.2 Å². The topological polar surface area (TPSA) is 113 Å². The van der Waals surface area contributed by atoms with Crippen LogP contribution in [0.25, 0.3) is 0 Å². The molecular weight excluding hydrogens is 312 g/mol. The lowest BCUT2D eigenvalue weighted by atomic mass is 10.1. The monoisotopic (exact) mass is 334 g/mol. The van der Waals surface area contributed by atoms with Crippen LogP contribution in [-0.4, -0.2) is 34.9 Å². The summed E-state index contributed by atoms with van der Waals surface area (Å²) in [7, 11) is 0. The third-order valence-corrected chi connectivity index (χ3v) is 3.32. The second-order valence-electron chi connectivity index (χ2n) is 6.89. The van der Waals surface area contributed by atoms with Crippen molar-refractivity contribution in [3.8, 4) is 0 Å². The fourth-order valence-corrected chi connectivity index (χ4v) is 2.12. The second-order valence-corrected chi connectivity index (χ2v) is 6.89. The molecule has 1 aliphatic carbocycles. The average Bonchev–Trinajstić information content (AvgIpc) is 3.27. The normalized spacial score (nSPS) is 14.0. The maximum absolute atomic E-state index is 12.1. The van der Waals surface area contributed by atoms with Crippen molar-refractivity contribution >= 4 is 23.2 Å². The molecule has 0 radical (unpaired) electrons. The molecule has 0 bridgehead atoms. The third kappa shape index (κ3) is 5.22. The van der Waals surface area contributed by atoms with Gasteiger partial charge in [0, 0.05) is 23.2 Å². The van der Waals surface area contributed by atoms with Gasteiger partial charge in [-0.05, 0) is 45.7 Å². The zero-order valence-corrected chi connectivity index (χ0v) is 14.0. The van der Waals surface area contributed by atoms with Gasteiger partial charge in [0.1, 0.15) is 5.69 Å². The molecule has 1 aromatic rings. The van der Waals surface area contributed by atoms with Crippen LogP contribution in [-0.2, 0) is 4.79 Å². The molecule has 0 atom stereocenters. The number of carbonyl (C=O) groups is 2. The lowest BCUT2D eigenvalue weighted by Gasteiger charge is -2.20. The first-order valence-corrected chi connectivity index (χ1v) is 7.80. The van der Waals surface area contributed by atoms with Crippen molar-refractivity contribution < 1.29 is 14.5 Å². The van der Waals surface area contributed by atoms with Crippen molar-refractivity contribution in [2.24, 2.45) is 0 Å². The lowest BCUT2D eigenvalue weighted by molar-refractivity contribution is -0.384. The van der Waals surface area contributed by atoms with Crippen LogP contribution in [0.15, 0.2) is 18.2 Å². The maximum atomic E-state index is 12.1. The van der Waals surface area contributed by atoms with Crippen molar-refractivity contribution in [3.05, 3.63) is 33.9 Å². The van der Waals surface area contributed by atoms with Crippen LogP contribution >= 0.6 is 0 Å². The van der Waals surface area contributed by atoms with E-state index in [9.17, 15) is 19.7 Å². The van der Waals surface area contributed by atoms with Crippen molar-refractivity contribution in [2.75, 3.05) is 11.9 Å². The van der Waals surface area contributed by atoms with Crippen molar-refractivity contribution in [3.63, 3.8) is 0 Å². The van der Waals surface area contributed by atoms with Gasteiger partial charge in [-0.2, -0.15) is 0 Å². The molecule has 0 unspecified atom stereocenters. The van der Waals surface area contributed by atoms with Gasteiger partial charge in [0.15, 0.2) is 0 Å². The summed E-state index contributed by atoms with van der Waals surface area (Å²) in [5.74, 6) is -0.850. The van der Waals surface area contributed by atoms with Gasteiger partial charge in [0.25, 0.3) is 11.6 Å². The summed E-state index contributed by atoms with van der Waals surface area (Å²) in [5.41, 5.74) is 0.0151. The van der Waals surface area contributed by atoms with E-state index in [4.69, 9.17) is 0 Å². The van der Waals surface area contributed by atoms with Crippen LogP contribution in [0, 0.1) is 10.1 Å². The number of nitrogens with one attached hydrogen (secondary N) is 3. The Bertz CT molecular complexity index is 663. The fourth-order valence-electron chi connectivity index (χ4n) is 2.12. The molecule has 24 heavy (non-hydrogen) atoms. The number of nitro benzene ring substituents is 1. The molecule has 8 nitrogen and oxygen atoms in total. The van der Waals surface area contributed by atoms with Crippen LogP contribution in [0.5, 0.6) is 0 Å². The molecule has 0 heterocycles. The Balaban J connectivity index is 2.02. The zero-order chi connectivity index (χ0) is 17.9. The highest BCUT2D eigenvalue weighted by molar-refractivity contribution is 5.97. The van der Waals surface area contributed by atoms with E-state index in [2.05, 4.69) is 16.0 Å². The minimum absolute atomic E-state index is 0.145. The van der Waals surface area contributed by atoms with Crippen LogP contribution in [0.4, 0.5) is 11.4 Å². The van der Waals surface area contributed by atoms with Crippen LogP contribution < -0.4 is 16.0 Å². The smallest absolute Gasteiger partial charge is 0.293 e. The molecule has 2 amide bonds. The Kier molecular flexibility index (Phi) is 5.06. The maximum Gasteiger partial charge on any atom is 0.293 e. The van der Waals surface area contributed by atoms with Gasteiger partial charge in [-0.1, -0.05) is 0 Å². The average molecular weight is 334 g/mol. The van der Waals surface area contributed by atoms with Crippen LogP contribution in [0.3, 0.4) is 0 Å². The van der Waals surface area contributed by atoms with Crippen LogP contribution in [0.2, 0.25) is 0 Å². The van der Waals surface area contributed by atoms with Gasteiger partial charge in [0.2, 0.25) is 5.91 Å². The minimum atomic E-state index is -0.528. The Hall–Kier alpha value is -2.64. The van der Waals surface area contributed by atoms with E-state index >= 15 is 0 Å². The summed E-state index contributed by atoms with van der Waals surface area (Å²) < 4.78 is 0. The largest absolute Gasteiger partial charge is 0.377 e. The lowest BCUT2D eigenvalue weighted by Crippen LogP contribution is -2.45. The van der Waals surface area contributed by atoms with Gasteiger partial charge in [-0.25, -0.2) is 0 Å². The summed E-state index contributed by atoms with van der Waals surface area (Å²) in [6.07, 6.45) is 1.98. The molecular formula is C16H22N4O4. The number of amides is 2. The second kappa shape index (κ2) is 6.86. The highest BCUT2D eigenvalue weighted by Crippen LogP contribution is 2.31. The van der Waals surface area contributed by atoms with E-state index < -0.39 is 16.4 Å². The number of nitrogens with zero attached hydrogens (tertiary/aromatic N) is 1. The Morgan fingerprint density at radius 1 is 1.29 bits per heavy atom. The summed E-state index contributed by atoms with van der Waals surface area (Å²) in [5, 5.41) is 19.4. The first kappa shape index (κ1) is 17.7. The summed E-state index contributed by atoms with van der Waals surface area (Å²) in [4.78, 5) is 34.5. The van der Waals surface area contributed by atoms with E-state index in [-0.39, 0.29) is 29.7 Å². The number of nitro groups is 1. The number of hydrogen-bond acceptors (Lipinski definition) is 5. The number of anilines is 1. The van der Waals surface area contributed by atoms with Crippen molar-refractivity contribution in [1.82, 2.24) is 10.6 Å². The van der Waals surface area contributed by atoms with Gasteiger partial charge in [-0.15, -0.1) is 0 Å². The van der Waals surface area contributed by atoms with E-state index in [0.29, 0.717) is 5.69 Å². The summed E-state index contributed by atoms with van der Waals surface area (Å²) in [6, 6.07) is 4.53. The Labute approximate surface area is 140 Å². The number of carbonyl (C=O) groups excluding carboxylic acids is 2. The zero-order valence-electron chi connectivity index (χ0n) is 14.0. The summed E-state index contributed by atoms with van der Waals surface area (Å²) in [6.45, 7) is 5.32. The molecule has 0 saturated heterocycles. The summed E-state index contributed by atoms with van der Waals surface area (Å²) >= 11 is 0. The predicted molar refractivity (Wildman–Crippen MR) is 90.0 cm³/mol. The molecule has 1 saturated carbocycles. The van der Waals surface area contributed by atoms with Crippen molar-refractivity contribution in [2.45, 2.75) is 45.2 Å². The number of rotatable bonds is 6. The van der Waals surface area contributed by atoms with Gasteiger partial charge < -0.3 is 16.0 Å². The van der Waals surface area contributed by atoms with Crippen LogP contribution in [0.1, 0.15) is 44.0 Å². The number of benzene rings is 1. The molecule has 0 aromatic heterocycles. The Morgan fingerprint density at radius 3 is 2.50 bits per heavy atom. The standard InChI is InChI=1S/C16H22N4O4/c1-16(2,3)19-14(21)9-17-15(22)10-4-7-12(18-11-5-6-11)13(8-10)20(23)24/h4,7-8,11,18H,5-6,9H2,1-3H3,(H,17,22)(H,19,21). The molecule has 130 valence electrons. The first-order valence-electron chi connectivity index (χ1n) is 7.80. The SMILES string of the molecule is CC(C)(C)NC(=O)CNC(=O)c1ccc(NC2CC2)c([N+](=O)[O-])c1. The molecule has 3 N–H and O–H groups in total. The molecule has 0 spiro atoms. The van der Waals surface area contributed by atoms with Crippen molar-refractivity contribution in [1.29, 1.82) is 0 Å². The molecule has 1 fully saturated rings. The number of hydrogen-bond donors (Lipinski definition) is 3. The minimum Gasteiger partial charge on any atom is -0.377 e. The first-order chi connectivity index (χ1) is 11.2. The molecule has 1 aromatic carbocycles.